The third-order valence-electron chi connectivity index (χ3n) is 13.9. The Bertz CT molecular complexity index is 1370. The number of carbonyl (C=O) groups excluding carboxylic acids is 1. The molecule has 12 heteroatoms. The lowest BCUT2D eigenvalue weighted by molar-refractivity contribution is -0.292. The Hall–Kier alpha value is -1.29. The van der Waals surface area contributed by atoms with E-state index in [-0.39, 0.29) is 123 Å². The molecule has 12 nitrogen and oxygen atoms in total. The van der Waals surface area contributed by atoms with Crippen LogP contribution in [0.25, 0.3) is 0 Å². The molecule has 10 aliphatic rings. The van der Waals surface area contributed by atoms with Crippen molar-refractivity contribution < 1.29 is 57.6 Å². The van der Waals surface area contributed by atoms with Crippen LogP contribution in [0.3, 0.4) is 0 Å². The van der Waals surface area contributed by atoms with Gasteiger partial charge in [-0.25, -0.2) is 0 Å². The van der Waals surface area contributed by atoms with Crippen molar-refractivity contribution in [2.24, 2.45) is 11.8 Å². The molecular formula is C40H58O12. The van der Waals surface area contributed by atoms with Crippen LogP contribution in [-0.4, -0.2) is 133 Å². The number of aliphatic hydroxyl groups is 2. The van der Waals surface area contributed by atoms with Gasteiger partial charge in [-0.1, -0.05) is 20.1 Å². The minimum Gasteiger partial charge on any atom is -0.394 e. The zero-order valence-electron chi connectivity index (χ0n) is 30.7. The normalized spacial score (nSPS) is 52.4. The minimum atomic E-state index is -0.951. The van der Waals surface area contributed by atoms with E-state index < -0.39 is 24.1 Å². The molecule has 6 unspecified atom stereocenters. The summed E-state index contributed by atoms with van der Waals surface area (Å²) in [6, 6.07) is 0. The van der Waals surface area contributed by atoms with Gasteiger partial charge in [0, 0.05) is 51.6 Å². The Morgan fingerprint density at radius 2 is 1.54 bits per heavy atom. The van der Waals surface area contributed by atoms with Crippen molar-refractivity contribution in [3.05, 3.63) is 24.3 Å². The van der Waals surface area contributed by atoms with Crippen molar-refractivity contribution in [1.82, 2.24) is 0 Å². The SMILES string of the molecule is C=C1C[C@@H]2CC[C@@]34C[C@@H]5O[C@H]6[C@@H](O3)C3OC(CCC3O[C@H]6C5O4)CC(=O)C[C@@H]3[C@@H](OC)[C@@H](C[C@H](O)CO)O[C@H]3CC3O[C@@H](CCC1O2)C[C@@H](C)C3=C. The maximum atomic E-state index is 14.0. The Morgan fingerprint density at radius 3 is 2.37 bits per heavy atom. The summed E-state index contributed by atoms with van der Waals surface area (Å²) < 4.78 is 59.8. The van der Waals surface area contributed by atoms with Crippen LogP contribution in [0.15, 0.2) is 24.3 Å². The maximum absolute atomic E-state index is 14.0. The molecule has 0 aromatic rings. The molecule has 10 saturated heterocycles. The largest absolute Gasteiger partial charge is 0.394 e. The number of methoxy groups -OCH3 is 1. The van der Waals surface area contributed by atoms with Gasteiger partial charge in [0.25, 0.3) is 0 Å². The third kappa shape index (κ3) is 6.59. The van der Waals surface area contributed by atoms with Crippen LogP contribution in [0.4, 0.5) is 0 Å². The van der Waals surface area contributed by atoms with Crippen molar-refractivity contribution in [2.45, 2.75) is 194 Å². The van der Waals surface area contributed by atoms with Gasteiger partial charge in [-0.15, -0.1) is 0 Å². The van der Waals surface area contributed by atoms with Crippen molar-refractivity contribution in [3.63, 3.8) is 0 Å². The molecule has 0 amide bonds. The molecule has 10 fully saturated rings. The number of aliphatic hydroxyl groups excluding tert-OH is 2. The molecule has 10 heterocycles. The van der Waals surface area contributed by atoms with E-state index in [9.17, 15) is 15.0 Å². The maximum Gasteiger partial charge on any atom is 0.172 e. The number of rotatable bonds is 4. The average Bonchev–Trinajstić information content (AvgIpc) is 3.79. The first-order valence-corrected chi connectivity index (χ1v) is 20.1. The number of ketones is 1. The zero-order chi connectivity index (χ0) is 35.9. The van der Waals surface area contributed by atoms with Gasteiger partial charge < -0.3 is 52.8 Å². The number of fused-ring (bicyclic) bond motifs is 6. The van der Waals surface area contributed by atoms with Gasteiger partial charge >= 0.3 is 0 Å². The molecule has 0 aromatic heterocycles. The van der Waals surface area contributed by atoms with E-state index in [1.807, 2.05) is 0 Å². The molecule has 0 saturated carbocycles. The highest BCUT2D eigenvalue weighted by molar-refractivity contribution is 5.79. The van der Waals surface area contributed by atoms with Gasteiger partial charge in [-0.3, -0.25) is 4.79 Å². The lowest BCUT2D eigenvalue weighted by Gasteiger charge is -2.47. The second kappa shape index (κ2) is 14.3. The van der Waals surface area contributed by atoms with E-state index in [2.05, 4.69) is 20.1 Å². The number of hydrogen-bond acceptors (Lipinski definition) is 12. The quantitative estimate of drug-likeness (QED) is 0.410. The lowest BCUT2D eigenvalue weighted by atomic mass is 9.81. The van der Waals surface area contributed by atoms with E-state index in [4.69, 9.17) is 42.6 Å². The number of ether oxygens (including phenoxy) is 9. The van der Waals surface area contributed by atoms with Crippen LogP contribution in [0.1, 0.15) is 90.4 Å². The Kier molecular flexibility index (Phi) is 10.0. The predicted molar refractivity (Wildman–Crippen MR) is 184 cm³/mol. The molecule has 1 spiro atoms. The second-order valence-corrected chi connectivity index (χ2v) is 17.4. The number of Topliss-reactive ketones (excluding diaryl/α,β-unsaturated/α-hetero) is 1. The highest BCUT2D eigenvalue weighted by Crippen LogP contribution is 2.54. The Balaban J connectivity index is 0.994. The monoisotopic (exact) mass is 730 g/mol. The van der Waals surface area contributed by atoms with Gasteiger partial charge in [-0.2, -0.15) is 0 Å². The van der Waals surface area contributed by atoms with Gasteiger partial charge in [0.05, 0.1) is 73.8 Å². The molecule has 12 bridgehead atoms. The molecule has 10 rings (SSSR count). The second-order valence-electron chi connectivity index (χ2n) is 17.4. The van der Waals surface area contributed by atoms with Crippen LogP contribution in [-0.2, 0) is 47.4 Å². The Morgan fingerprint density at radius 1 is 0.788 bits per heavy atom. The fourth-order valence-corrected chi connectivity index (χ4v) is 11.3. The first-order valence-electron chi connectivity index (χ1n) is 20.1. The van der Waals surface area contributed by atoms with E-state index >= 15 is 0 Å². The van der Waals surface area contributed by atoms with Crippen LogP contribution < -0.4 is 0 Å². The van der Waals surface area contributed by atoms with Crippen molar-refractivity contribution in [1.29, 1.82) is 0 Å². The standard InChI is InChI=1S/C40H58O12/c1-19-11-24-5-7-28-20(2)12-26(45-28)9-10-40-17-33-36(51-40)37-38(50-33)39(52-40)35-29(49-37)8-6-25(47-35)13-22(42)14-27-31(16-30(46-24)21(19)3)48-32(34(27)44-4)15-23(43)18-41/h19,23-39,41,43H,2-3,5-18H2,1,4H3/t19-,23+,24+,25?,26+,27+,28?,29?,30?,31+,32-,33+,34-,35?,36?,37+,38-,39+,40+/m1/s1. The summed E-state index contributed by atoms with van der Waals surface area (Å²) in [5.41, 5.74) is 2.17. The van der Waals surface area contributed by atoms with Gasteiger partial charge in [0.2, 0.25) is 0 Å². The molecule has 0 radical (unpaired) electrons. The summed E-state index contributed by atoms with van der Waals surface area (Å²) >= 11 is 0. The van der Waals surface area contributed by atoms with Gasteiger partial charge in [0.1, 0.15) is 36.3 Å². The summed E-state index contributed by atoms with van der Waals surface area (Å²) in [6.07, 6.45) is 4.01. The molecule has 0 aromatic carbocycles. The van der Waals surface area contributed by atoms with Crippen LogP contribution in [0.2, 0.25) is 0 Å². The molecule has 52 heavy (non-hydrogen) atoms. The molecule has 290 valence electrons. The molecular weight excluding hydrogens is 672 g/mol. The van der Waals surface area contributed by atoms with Crippen molar-refractivity contribution in [3.8, 4) is 0 Å². The molecule has 10 aliphatic heterocycles. The van der Waals surface area contributed by atoms with E-state index in [0.29, 0.717) is 25.7 Å². The summed E-state index contributed by atoms with van der Waals surface area (Å²) in [6.45, 7) is 10.7. The van der Waals surface area contributed by atoms with Crippen LogP contribution in [0.5, 0.6) is 0 Å². The van der Waals surface area contributed by atoms with E-state index in [1.165, 1.54) is 0 Å². The molecule has 19 atom stereocenters. The van der Waals surface area contributed by atoms with E-state index in [1.54, 1.807) is 7.11 Å². The van der Waals surface area contributed by atoms with E-state index in [0.717, 1.165) is 49.7 Å². The topological polar surface area (TPSA) is 141 Å². The van der Waals surface area contributed by atoms with Crippen molar-refractivity contribution in [2.75, 3.05) is 13.7 Å². The number of carbonyl (C=O) groups is 1. The molecule has 2 N–H and O–H groups in total. The van der Waals surface area contributed by atoms with Crippen molar-refractivity contribution >= 4 is 5.78 Å². The summed E-state index contributed by atoms with van der Waals surface area (Å²) in [5.74, 6) is -0.709. The highest BCUT2D eigenvalue weighted by Gasteiger charge is 2.68. The van der Waals surface area contributed by atoms with Gasteiger partial charge in [0.15, 0.2) is 5.79 Å². The summed E-state index contributed by atoms with van der Waals surface area (Å²) in [5, 5.41) is 20.1. The summed E-state index contributed by atoms with van der Waals surface area (Å²) in [7, 11) is 1.63. The third-order valence-corrected chi connectivity index (χ3v) is 13.9. The first kappa shape index (κ1) is 36.4. The molecule has 0 aliphatic carbocycles. The number of hydrogen-bond donors (Lipinski definition) is 2. The highest BCUT2D eigenvalue weighted by atomic mass is 16.8. The smallest absolute Gasteiger partial charge is 0.172 e. The lowest BCUT2D eigenvalue weighted by Crippen LogP contribution is -2.61. The van der Waals surface area contributed by atoms with Gasteiger partial charge in [-0.05, 0) is 62.0 Å². The fourth-order valence-electron chi connectivity index (χ4n) is 11.3. The zero-order valence-corrected chi connectivity index (χ0v) is 30.7. The first-order chi connectivity index (χ1) is 25.1. The van der Waals surface area contributed by atoms with Crippen LogP contribution >= 0.6 is 0 Å². The Labute approximate surface area is 306 Å². The minimum absolute atomic E-state index is 0.0260. The average molecular weight is 731 g/mol. The van der Waals surface area contributed by atoms with Crippen LogP contribution in [0, 0.1) is 11.8 Å². The predicted octanol–water partition coefficient (Wildman–Crippen LogP) is 3.47. The fraction of sp³-hybridized carbons (Fsp3) is 0.875. The summed E-state index contributed by atoms with van der Waals surface area (Å²) in [4.78, 5) is 14.0.